The lowest BCUT2D eigenvalue weighted by Crippen LogP contribution is -2.46. The fourth-order valence-corrected chi connectivity index (χ4v) is 3.39. The number of aliphatic hydroxyl groups excluding tert-OH is 1. The lowest BCUT2D eigenvalue weighted by molar-refractivity contribution is -0.137. The summed E-state index contributed by atoms with van der Waals surface area (Å²) in [6.07, 6.45) is 1.84. The number of sulfonamides is 1. The number of hydrogen-bond acceptors (Lipinski definition) is 6. The Labute approximate surface area is 121 Å². The number of carboxylic acids is 1. The van der Waals surface area contributed by atoms with Gasteiger partial charge in [-0.15, -0.1) is 0 Å². The molecule has 1 aromatic rings. The molecule has 0 aliphatic carbocycles. The zero-order valence-corrected chi connectivity index (χ0v) is 12.1. The molecule has 0 bridgehead atoms. The van der Waals surface area contributed by atoms with Gasteiger partial charge in [-0.1, -0.05) is 0 Å². The van der Waals surface area contributed by atoms with Gasteiger partial charge in [-0.3, -0.25) is 9.48 Å². The number of ether oxygens (including phenoxy) is 1. The predicted octanol–water partition coefficient (Wildman–Crippen LogP) is -1.26. The molecule has 1 unspecified atom stereocenters. The van der Waals surface area contributed by atoms with Crippen LogP contribution in [0.5, 0.6) is 0 Å². The summed E-state index contributed by atoms with van der Waals surface area (Å²) in [7, 11) is -3.71. The van der Waals surface area contributed by atoms with Crippen LogP contribution >= 0.6 is 0 Å². The van der Waals surface area contributed by atoms with Crippen LogP contribution in [0.2, 0.25) is 0 Å². The third-order valence-electron chi connectivity index (χ3n) is 3.11. The standard InChI is InChI=1S/C11H17N3O6S/c15-8-9-6-14(3-4-20-9)21(18,19)10-5-12-13(7-10)2-1-11(16)17/h5,7,9,15H,1-4,6,8H2,(H,16,17). The summed E-state index contributed by atoms with van der Waals surface area (Å²) in [4.78, 5) is 10.5. The van der Waals surface area contributed by atoms with Gasteiger partial charge in [-0.05, 0) is 0 Å². The number of aryl methyl sites for hydroxylation is 1. The Morgan fingerprint density at radius 3 is 2.95 bits per heavy atom. The van der Waals surface area contributed by atoms with Gasteiger partial charge in [-0.2, -0.15) is 9.40 Å². The second kappa shape index (κ2) is 6.52. The molecule has 2 rings (SSSR count). The van der Waals surface area contributed by atoms with Gasteiger partial charge in [0.1, 0.15) is 4.90 Å². The SMILES string of the molecule is O=C(O)CCn1cc(S(=O)(=O)N2CCOC(CO)C2)cn1. The minimum absolute atomic E-state index is 0.00600. The number of morpholine rings is 1. The van der Waals surface area contributed by atoms with E-state index in [9.17, 15) is 13.2 Å². The van der Waals surface area contributed by atoms with E-state index < -0.39 is 22.1 Å². The molecule has 2 N–H and O–H groups in total. The summed E-state index contributed by atoms with van der Waals surface area (Å²) in [6, 6.07) is 0. The van der Waals surface area contributed by atoms with Crippen LogP contribution in [0, 0.1) is 0 Å². The van der Waals surface area contributed by atoms with Crippen LogP contribution in [-0.2, 0) is 26.1 Å². The third-order valence-corrected chi connectivity index (χ3v) is 4.93. The number of nitrogens with zero attached hydrogens (tertiary/aromatic N) is 3. The average molecular weight is 319 g/mol. The highest BCUT2D eigenvalue weighted by molar-refractivity contribution is 7.89. The largest absolute Gasteiger partial charge is 0.481 e. The summed E-state index contributed by atoms with van der Waals surface area (Å²) in [6.45, 7) is 0.368. The van der Waals surface area contributed by atoms with E-state index in [0.717, 1.165) is 0 Å². The summed E-state index contributed by atoms with van der Waals surface area (Å²) in [5.41, 5.74) is 0. The van der Waals surface area contributed by atoms with E-state index in [1.54, 1.807) is 0 Å². The lowest BCUT2D eigenvalue weighted by atomic mass is 10.3. The highest BCUT2D eigenvalue weighted by Gasteiger charge is 2.31. The first kappa shape index (κ1) is 15.9. The predicted molar refractivity (Wildman–Crippen MR) is 70.1 cm³/mol. The molecular formula is C11H17N3O6S. The second-order valence-corrected chi connectivity index (χ2v) is 6.56. The maximum Gasteiger partial charge on any atom is 0.305 e. The van der Waals surface area contributed by atoms with Crippen molar-refractivity contribution in [3.8, 4) is 0 Å². The molecule has 2 heterocycles. The molecule has 0 radical (unpaired) electrons. The van der Waals surface area contributed by atoms with Crippen LogP contribution < -0.4 is 0 Å². The molecule has 1 atom stereocenters. The zero-order valence-electron chi connectivity index (χ0n) is 11.3. The van der Waals surface area contributed by atoms with Crippen LogP contribution in [0.4, 0.5) is 0 Å². The van der Waals surface area contributed by atoms with Gasteiger partial charge in [-0.25, -0.2) is 8.42 Å². The van der Waals surface area contributed by atoms with Crippen molar-refractivity contribution in [2.24, 2.45) is 0 Å². The Morgan fingerprint density at radius 1 is 1.52 bits per heavy atom. The number of aliphatic hydroxyl groups is 1. The number of rotatable bonds is 6. The van der Waals surface area contributed by atoms with Gasteiger partial charge in [0.05, 0.1) is 38.5 Å². The fraction of sp³-hybridized carbons (Fsp3) is 0.636. The molecule has 1 saturated heterocycles. The number of carboxylic acid groups (broad SMARTS) is 1. The minimum atomic E-state index is -3.71. The molecule has 1 fully saturated rings. The van der Waals surface area contributed by atoms with Crippen LogP contribution in [0.15, 0.2) is 17.3 Å². The molecule has 1 aliphatic heterocycles. The van der Waals surface area contributed by atoms with E-state index in [0.29, 0.717) is 0 Å². The van der Waals surface area contributed by atoms with Crippen LogP contribution in [0.1, 0.15) is 6.42 Å². The van der Waals surface area contributed by atoms with Crippen molar-refractivity contribution in [2.75, 3.05) is 26.3 Å². The van der Waals surface area contributed by atoms with E-state index in [2.05, 4.69) is 5.10 Å². The average Bonchev–Trinajstić information content (AvgIpc) is 2.95. The Morgan fingerprint density at radius 2 is 2.29 bits per heavy atom. The van der Waals surface area contributed by atoms with Crippen LogP contribution in [0.25, 0.3) is 0 Å². The molecule has 21 heavy (non-hydrogen) atoms. The summed E-state index contributed by atoms with van der Waals surface area (Å²) >= 11 is 0. The lowest BCUT2D eigenvalue weighted by Gasteiger charge is -2.30. The van der Waals surface area contributed by atoms with Crippen molar-refractivity contribution >= 4 is 16.0 Å². The molecule has 0 spiro atoms. The molecule has 10 heteroatoms. The van der Waals surface area contributed by atoms with Gasteiger partial charge in [0.25, 0.3) is 0 Å². The third kappa shape index (κ3) is 3.79. The topological polar surface area (TPSA) is 122 Å². The number of carbonyl (C=O) groups is 1. The van der Waals surface area contributed by atoms with Gasteiger partial charge in [0.15, 0.2) is 0 Å². The number of aromatic nitrogens is 2. The van der Waals surface area contributed by atoms with E-state index in [4.69, 9.17) is 14.9 Å². The summed E-state index contributed by atoms with van der Waals surface area (Å²) in [5, 5.41) is 21.5. The monoisotopic (exact) mass is 319 g/mol. The van der Waals surface area contributed by atoms with Crippen LogP contribution in [0.3, 0.4) is 0 Å². The summed E-state index contributed by atoms with van der Waals surface area (Å²) in [5.74, 6) is -0.978. The summed E-state index contributed by atoms with van der Waals surface area (Å²) < 4.78 is 32.6. The molecule has 118 valence electrons. The maximum absolute atomic E-state index is 12.4. The smallest absolute Gasteiger partial charge is 0.305 e. The molecule has 1 aromatic heterocycles. The Hall–Kier alpha value is -1.49. The van der Waals surface area contributed by atoms with Crippen LogP contribution in [-0.4, -0.2) is 71.1 Å². The van der Waals surface area contributed by atoms with E-state index in [-0.39, 0.29) is 44.2 Å². The highest BCUT2D eigenvalue weighted by atomic mass is 32.2. The number of aliphatic carboxylic acids is 1. The molecule has 0 saturated carbocycles. The van der Waals surface area contributed by atoms with E-state index in [1.807, 2.05) is 0 Å². The van der Waals surface area contributed by atoms with Gasteiger partial charge in [0.2, 0.25) is 10.0 Å². The first-order valence-electron chi connectivity index (χ1n) is 6.40. The quantitative estimate of drug-likeness (QED) is 0.671. The van der Waals surface area contributed by atoms with Gasteiger partial charge < -0.3 is 14.9 Å². The molecule has 0 amide bonds. The second-order valence-electron chi connectivity index (χ2n) is 4.62. The van der Waals surface area contributed by atoms with Gasteiger partial charge in [0, 0.05) is 19.3 Å². The minimum Gasteiger partial charge on any atom is -0.481 e. The first-order chi connectivity index (χ1) is 9.93. The van der Waals surface area contributed by atoms with Crippen molar-refractivity contribution in [1.82, 2.24) is 14.1 Å². The zero-order chi connectivity index (χ0) is 15.5. The maximum atomic E-state index is 12.4. The van der Waals surface area contributed by atoms with Crippen molar-refractivity contribution in [2.45, 2.75) is 24.0 Å². The van der Waals surface area contributed by atoms with Crippen molar-refractivity contribution in [1.29, 1.82) is 0 Å². The molecular weight excluding hydrogens is 302 g/mol. The molecule has 9 nitrogen and oxygen atoms in total. The first-order valence-corrected chi connectivity index (χ1v) is 7.84. The Bertz CT molecular complexity index is 599. The van der Waals surface area contributed by atoms with E-state index in [1.165, 1.54) is 21.4 Å². The molecule has 1 aliphatic rings. The van der Waals surface area contributed by atoms with Crippen molar-refractivity contribution in [3.05, 3.63) is 12.4 Å². The van der Waals surface area contributed by atoms with Crippen molar-refractivity contribution < 1.29 is 28.2 Å². The molecule has 0 aromatic carbocycles. The Kier molecular flexibility index (Phi) is 4.93. The van der Waals surface area contributed by atoms with E-state index >= 15 is 0 Å². The van der Waals surface area contributed by atoms with Gasteiger partial charge >= 0.3 is 5.97 Å². The normalized spacial score (nSPS) is 20.5. The Balaban J connectivity index is 2.10. The van der Waals surface area contributed by atoms with Crippen molar-refractivity contribution in [3.63, 3.8) is 0 Å². The fourth-order valence-electron chi connectivity index (χ4n) is 1.98. The highest BCUT2D eigenvalue weighted by Crippen LogP contribution is 2.18. The number of hydrogen-bond donors (Lipinski definition) is 2.